The highest BCUT2D eigenvalue weighted by atomic mass is 32.1. The number of carbonyl (C=O) groups excluding carboxylic acids is 3. The molecule has 3 aliphatic rings. The van der Waals surface area contributed by atoms with E-state index in [-0.39, 0.29) is 60.1 Å². The van der Waals surface area contributed by atoms with Gasteiger partial charge in [0.05, 0.1) is 36.9 Å². The average Bonchev–Trinajstić information content (AvgIpc) is 1.63. The molecule has 0 radical (unpaired) electrons. The first-order chi connectivity index (χ1) is 49.0. The van der Waals surface area contributed by atoms with Crippen LogP contribution >= 0.6 is 11.3 Å². The molecule has 23 nitrogen and oxygen atoms in total. The second-order valence-corrected chi connectivity index (χ2v) is 26.5. The predicted molar refractivity (Wildman–Crippen MR) is 390 cm³/mol. The Bertz CT molecular complexity index is 4710. The van der Waals surface area contributed by atoms with E-state index in [2.05, 4.69) is 118 Å². The van der Waals surface area contributed by atoms with Crippen LogP contribution in [-0.2, 0) is 14.2 Å². The molecule has 6 aromatic heterocycles. The number of anilines is 3. The van der Waals surface area contributed by atoms with Crippen molar-refractivity contribution in [3.8, 4) is 22.5 Å². The number of urea groups is 3. The first-order valence-electron chi connectivity index (χ1n) is 33.7. The van der Waals surface area contributed by atoms with E-state index in [1.165, 1.54) is 16.9 Å². The lowest BCUT2D eigenvalue weighted by Gasteiger charge is -2.24. The van der Waals surface area contributed by atoms with E-state index in [4.69, 9.17) is 29.2 Å². The van der Waals surface area contributed by atoms with Crippen LogP contribution in [-0.4, -0.2) is 176 Å². The molecule has 14 rings (SSSR count). The fourth-order valence-corrected chi connectivity index (χ4v) is 15.2. The fourth-order valence-electron chi connectivity index (χ4n) is 14.6. The summed E-state index contributed by atoms with van der Waals surface area (Å²) in [5.41, 5.74) is 11.8. The van der Waals surface area contributed by atoms with E-state index in [9.17, 15) is 14.4 Å². The highest BCUT2D eigenvalue weighted by Gasteiger charge is 2.40. The number of allylic oxidation sites excluding steroid dienone is 3. The predicted octanol–water partition coefficient (Wildman–Crippen LogP) is 11.6. The summed E-state index contributed by atoms with van der Waals surface area (Å²) in [7, 11) is 5.14. The SMILES string of the molecule is C=CC=C(C)c1nc2scnn2c1NC(=O)NC1CN(CC(OC)c2cccc(-c3nc4ncccn4c3NC(=O)NC3CN(CC(OC)c4cccc(-c5nc6ccccn6c5NC(=O)NC5CN(CCOC)CC5c5ccccc5)c4)CC3c3ccccc3)c2)CC1c1ccccc1. The number of rotatable bonds is 24. The van der Waals surface area contributed by atoms with Gasteiger partial charge in [-0.05, 0) is 70.6 Å². The molecule has 9 heterocycles. The molecule has 8 unspecified atom stereocenters. The summed E-state index contributed by atoms with van der Waals surface area (Å²) in [6.45, 7) is 12.1. The van der Waals surface area contributed by atoms with Crippen LogP contribution in [0.3, 0.4) is 0 Å². The highest BCUT2D eigenvalue weighted by Crippen LogP contribution is 2.38. The van der Waals surface area contributed by atoms with Gasteiger partial charge in [0.1, 0.15) is 39.9 Å². The molecule has 3 saturated heterocycles. The summed E-state index contributed by atoms with van der Waals surface area (Å²) in [5.74, 6) is 1.92. The van der Waals surface area contributed by atoms with Crippen molar-refractivity contribution in [2.45, 2.75) is 55.0 Å². The van der Waals surface area contributed by atoms with E-state index in [0.29, 0.717) is 103 Å². The van der Waals surface area contributed by atoms with Crippen LogP contribution in [0.15, 0.2) is 207 Å². The number of pyridine rings is 1. The van der Waals surface area contributed by atoms with E-state index in [1.807, 2.05) is 139 Å². The van der Waals surface area contributed by atoms with Crippen molar-refractivity contribution in [1.82, 2.24) is 69.0 Å². The molecule has 0 saturated carbocycles. The summed E-state index contributed by atoms with van der Waals surface area (Å²) in [4.78, 5) is 70.3. The monoisotopic (exact) mass is 1360 g/mol. The smallest absolute Gasteiger partial charge is 0.320 e. The van der Waals surface area contributed by atoms with Gasteiger partial charge in [0.25, 0.3) is 0 Å². The van der Waals surface area contributed by atoms with Crippen molar-refractivity contribution in [2.75, 3.05) is 103 Å². The number of benzene rings is 5. The van der Waals surface area contributed by atoms with Gasteiger partial charge in [-0.25, -0.2) is 34.3 Å². The Hall–Kier alpha value is -10.4. The second kappa shape index (κ2) is 30.4. The Balaban J connectivity index is 0.664. The zero-order valence-corrected chi connectivity index (χ0v) is 57.0. The molecule has 3 aliphatic heterocycles. The minimum atomic E-state index is -0.393. The van der Waals surface area contributed by atoms with Crippen molar-refractivity contribution in [2.24, 2.45) is 0 Å². The third-order valence-electron chi connectivity index (χ3n) is 19.4. The van der Waals surface area contributed by atoms with Crippen LogP contribution in [0.4, 0.5) is 31.8 Å². The number of likely N-dealkylation sites (tertiary alicyclic amines) is 3. The number of fused-ring (bicyclic) bond motifs is 3. The van der Waals surface area contributed by atoms with Crippen LogP contribution in [0.25, 0.3) is 44.5 Å². The van der Waals surface area contributed by atoms with Crippen molar-refractivity contribution >= 4 is 68.8 Å². The average molecular weight is 1360 g/mol. The fraction of sp³-hybridized carbons (Fsp3) is 0.289. The van der Waals surface area contributed by atoms with Crippen LogP contribution in [0, 0.1) is 0 Å². The molecule has 512 valence electrons. The summed E-state index contributed by atoms with van der Waals surface area (Å²) in [5, 5.41) is 24.0. The quantitative estimate of drug-likeness (QED) is 0.0309. The number of methoxy groups -OCH3 is 3. The van der Waals surface area contributed by atoms with Gasteiger partial charge in [0, 0.05) is 128 Å². The minimum absolute atomic E-state index is 0.0263. The number of nitrogens with one attached hydrogen (secondary N) is 6. The number of carbonyl (C=O) groups is 3. The number of hydrogen-bond acceptors (Lipinski definition) is 15. The van der Waals surface area contributed by atoms with Gasteiger partial charge in [-0.15, -0.1) is 0 Å². The molecule has 0 aliphatic carbocycles. The molecule has 3 fully saturated rings. The molecule has 24 heteroatoms. The molecular weight excluding hydrogens is 1280 g/mol. The van der Waals surface area contributed by atoms with Crippen LogP contribution in [0.5, 0.6) is 0 Å². The number of amides is 6. The molecule has 6 N–H and O–H groups in total. The Morgan fingerprint density at radius 3 is 1.61 bits per heavy atom. The molecular formula is C76H81N17O6S. The van der Waals surface area contributed by atoms with Gasteiger partial charge in [0.15, 0.2) is 5.82 Å². The summed E-state index contributed by atoms with van der Waals surface area (Å²) in [6.07, 6.45) is 8.24. The molecule has 100 heavy (non-hydrogen) atoms. The lowest BCUT2D eigenvalue weighted by molar-refractivity contribution is 0.0701. The van der Waals surface area contributed by atoms with Crippen molar-refractivity contribution in [3.05, 3.63) is 240 Å². The van der Waals surface area contributed by atoms with Crippen LogP contribution in [0.2, 0.25) is 0 Å². The molecule has 0 bridgehead atoms. The first-order valence-corrected chi connectivity index (χ1v) is 34.6. The molecule has 11 aromatic rings. The highest BCUT2D eigenvalue weighted by molar-refractivity contribution is 7.14. The molecule has 0 spiro atoms. The van der Waals surface area contributed by atoms with E-state index in [0.717, 1.165) is 52.0 Å². The zero-order chi connectivity index (χ0) is 68.6. The Morgan fingerprint density at radius 1 is 0.570 bits per heavy atom. The molecule has 5 aromatic carbocycles. The van der Waals surface area contributed by atoms with Crippen LogP contribution < -0.4 is 31.9 Å². The van der Waals surface area contributed by atoms with Gasteiger partial charge < -0.3 is 30.2 Å². The van der Waals surface area contributed by atoms with Gasteiger partial charge >= 0.3 is 18.1 Å². The topological polar surface area (TPSA) is 238 Å². The Kier molecular flexibility index (Phi) is 20.3. The normalized spacial score (nSPS) is 19.7. The van der Waals surface area contributed by atoms with E-state index >= 15 is 0 Å². The van der Waals surface area contributed by atoms with Crippen molar-refractivity contribution in [3.63, 3.8) is 0 Å². The minimum Gasteiger partial charge on any atom is -0.383 e. The maximum Gasteiger partial charge on any atom is 0.320 e. The molecule has 6 amide bonds. The van der Waals surface area contributed by atoms with Crippen molar-refractivity contribution < 1.29 is 28.6 Å². The largest absolute Gasteiger partial charge is 0.383 e. The zero-order valence-electron chi connectivity index (χ0n) is 56.2. The Labute approximate surface area is 583 Å². The van der Waals surface area contributed by atoms with Gasteiger partial charge in [-0.1, -0.05) is 164 Å². The summed E-state index contributed by atoms with van der Waals surface area (Å²) < 4.78 is 23.4. The van der Waals surface area contributed by atoms with E-state index < -0.39 is 6.03 Å². The van der Waals surface area contributed by atoms with Gasteiger partial charge in [-0.2, -0.15) is 9.61 Å². The maximum absolute atomic E-state index is 14.8. The number of imidazole rings is 3. The lowest BCUT2D eigenvalue weighted by Crippen LogP contribution is -2.42. The number of nitrogens with zero attached hydrogens (tertiary/aromatic N) is 11. The summed E-state index contributed by atoms with van der Waals surface area (Å²) >= 11 is 1.39. The third kappa shape index (κ3) is 14.5. The van der Waals surface area contributed by atoms with Gasteiger partial charge in [-0.3, -0.25) is 39.5 Å². The third-order valence-corrected chi connectivity index (χ3v) is 20.1. The van der Waals surface area contributed by atoms with Gasteiger partial charge in [0.2, 0.25) is 10.7 Å². The van der Waals surface area contributed by atoms with Crippen molar-refractivity contribution in [1.29, 1.82) is 0 Å². The number of hydrogen-bond donors (Lipinski definition) is 6. The number of ether oxygens (including phenoxy) is 3. The first kappa shape index (κ1) is 66.8. The maximum atomic E-state index is 14.8. The van der Waals surface area contributed by atoms with Crippen LogP contribution in [0.1, 0.15) is 70.4 Å². The second-order valence-electron chi connectivity index (χ2n) is 25.7. The Morgan fingerprint density at radius 2 is 1.07 bits per heavy atom. The number of aromatic nitrogens is 8. The molecule has 8 atom stereocenters. The summed E-state index contributed by atoms with van der Waals surface area (Å²) in [6, 6.07) is 53.0. The van der Waals surface area contributed by atoms with E-state index in [1.54, 1.807) is 48.0 Å². The standard InChI is InChI=1S/C76H81N17O6S/c1-6-21-49(2)66-71(93-76(84-66)100-48-78-93)87-75(96)81-62-45-90(42-59(62)52-26-14-9-15-27-52)47-64(99-5)54-29-19-31-56(39-54)68-70(92-35-20-33-77-72(92)83-68)86-74(95)80-61-44-89(41-58(61)51-24-12-8-13-25-51)46-63(98-4)53-28-18-30-55(38-53)67-69(91-34-17-16-32-65(91)82-67)85-73(94)79-60-43-88(36-37-97-3)40-57(60)50-22-10-7-11-23-50/h6-35,38-39,48,57-64H,1,36-37,40-47H2,2-5H3,(H2,79,85,94)(H2,80,86,95)(H2,81,87,96). The lowest BCUT2D eigenvalue weighted by atomic mass is 9.94.